The predicted octanol–water partition coefficient (Wildman–Crippen LogP) is 4.05. The van der Waals surface area contributed by atoms with E-state index in [4.69, 9.17) is 0 Å². The van der Waals surface area contributed by atoms with Crippen molar-refractivity contribution >= 4 is 16.8 Å². The average molecular weight is 284 g/mol. The van der Waals surface area contributed by atoms with Crippen LogP contribution in [-0.4, -0.2) is 28.9 Å². The molecule has 0 radical (unpaired) electrons. The number of nitrogens with zero attached hydrogens (tertiary/aromatic N) is 1. The van der Waals surface area contributed by atoms with Gasteiger partial charge in [-0.2, -0.15) is 0 Å². The van der Waals surface area contributed by atoms with E-state index in [9.17, 15) is 4.79 Å². The van der Waals surface area contributed by atoms with E-state index < -0.39 is 0 Å². The number of carbonyl (C=O) groups excluding carboxylic acids is 1. The van der Waals surface area contributed by atoms with Crippen LogP contribution in [0.25, 0.3) is 10.9 Å². The van der Waals surface area contributed by atoms with E-state index in [-0.39, 0.29) is 11.3 Å². The second-order valence-electron chi connectivity index (χ2n) is 7.13. The van der Waals surface area contributed by atoms with Crippen molar-refractivity contribution in [3.8, 4) is 0 Å². The van der Waals surface area contributed by atoms with E-state index in [0.29, 0.717) is 0 Å². The molecular formula is C18H24N2O. The van der Waals surface area contributed by atoms with E-state index >= 15 is 0 Å². The zero-order valence-corrected chi connectivity index (χ0v) is 13.4. The van der Waals surface area contributed by atoms with Gasteiger partial charge in [0.1, 0.15) is 0 Å². The molecule has 0 atom stereocenters. The van der Waals surface area contributed by atoms with E-state index in [1.54, 1.807) is 0 Å². The first kappa shape index (κ1) is 14.2. The lowest BCUT2D eigenvalue weighted by Crippen LogP contribution is -2.43. The third-order valence-corrected chi connectivity index (χ3v) is 4.74. The number of benzene rings is 1. The van der Waals surface area contributed by atoms with Crippen LogP contribution >= 0.6 is 0 Å². The Labute approximate surface area is 126 Å². The summed E-state index contributed by atoms with van der Waals surface area (Å²) in [5.41, 5.74) is 4.56. The first-order valence-corrected chi connectivity index (χ1v) is 7.76. The van der Waals surface area contributed by atoms with Gasteiger partial charge in [0.15, 0.2) is 0 Å². The first-order valence-electron chi connectivity index (χ1n) is 7.76. The number of rotatable bonds is 1. The molecule has 3 nitrogen and oxygen atoms in total. The summed E-state index contributed by atoms with van der Waals surface area (Å²) in [6.45, 7) is 10.4. The molecule has 2 heterocycles. The third-order valence-electron chi connectivity index (χ3n) is 4.74. The van der Waals surface area contributed by atoms with Crippen LogP contribution in [0.15, 0.2) is 18.2 Å². The number of aromatic nitrogens is 1. The standard InChI is InChI=1S/C18H24N2O/c1-12-13(2)19-16-7-6-14(10-15(12)16)17(21)20-9-5-8-18(3,4)11-20/h6-7,10,19H,5,8-9,11H2,1-4H3. The van der Waals surface area contributed by atoms with Crippen molar-refractivity contribution in [2.24, 2.45) is 5.41 Å². The van der Waals surface area contributed by atoms with E-state index in [1.165, 1.54) is 17.7 Å². The van der Waals surface area contributed by atoms with Gasteiger partial charge in [0.2, 0.25) is 0 Å². The van der Waals surface area contributed by atoms with Gasteiger partial charge in [-0.15, -0.1) is 0 Å². The molecule has 1 saturated heterocycles. The van der Waals surface area contributed by atoms with Crippen LogP contribution in [0, 0.1) is 19.3 Å². The summed E-state index contributed by atoms with van der Waals surface area (Å²) in [6.07, 6.45) is 2.30. The third kappa shape index (κ3) is 2.57. The van der Waals surface area contributed by atoms with Gasteiger partial charge in [-0.1, -0.05) is 13.8 Å². The number of aromatic amines is 1. The fourth-order valence-electron chi connectivity index (χ4n) is 3.37. The fraction of sp³-hybridized carbons (Fsp3) is 0.500. The number of hydrogen-bond acceptors (Lipinski definition) is 1. The predicted molar refractivity (Wildman–Crippen MR) is 86.7 cm³/mol. The lowest BCUT2D eigenvalue weighted by atomic mass is 9.84. The lowest BCUT2D eigenvalue weighted by Gasteiger charge is -2.38. The number of carbonyl (C=O) groups is 1. The largest absolute Gasteiger partial charge is 0.358 e. The monoisotopic (exact) mass is 284 g/mol. The van der Waals surface area contributed by atoms with Crippen molar-refractivity contribution in [3.63, 3.8) is 0 Å². The van der Waals surface area contributed by atoms with Gasteiger partial charge in [0.05, 0.1) is 0 Å². The van der Waals surface area contributed by atoms with Crippen molar-refractivity contribution in [2.45, 2.75) is 40.5 Å². The smallest absolute Gasteiger partial charge is 0.253 e. The van der Waals surface area contributed by atoms with Gasteiger partial charge in [-0.25, -0.2) is 0 Å². The van der Waals surface area contributed by atoms with Crippen LogP contribution in [-0.2, 0) is 0 Å². The highest BCUT2D eigenvalue weighted by atomic mass is 16.2. The summed E-state index contributed by atoms with van der Waals surface area (Å²) in [6, 6.07) is 6.01. The van der Waals surface area contributed by atoms with Crippen LogP contribution in [0.1, 0.15) is 48.3 Å². The molecule has 1 N–H and O–H groups in total. The number of aryl methyl sites for hydroxylation is 2. The molecule has 1 amide bonds. The van der Waals surface area contributed by atoms with Gasteiger partial charge in [-0.3, -0.25) is 4.79 Å². The molecule has 1 fully saturated rings. The van der Waals surface area contributed by atoms with Gasteiger partial charge >= 0.3 is 0 Å². The molecule has 1 aromatic carbocycles. The summed E-state index contributed by atoms with van der Waals surface area (Å²) < 4.78 is 0. The summed E-state index contributed by atoms with van der Waals surface area (Å²) in [7, 11) is 0. The molecule has 0 saturated carbocycles. The van der Waals surface area contributed by atoms with Crippen molar-refractivity contribution in [1.82, 2.24) is 9.88 Å². The number of hydrogen-bond donors (Lipinski definition) is 1. The van der Waals surface area contributed by atoms with Crippen LogP contribution in [0.4, 0.5) is 0 Å². The summed E-state index contributed by atoms with van der Waals surface area (Å²) in [4.78, 5) is 18.1. The molecule has 112 valence electrons. The number of nitrogens with one attached hydrogen (secondary N) is 1. The zero-order valence-electron chi connectivity index (χ0n) is 13.4. The Morgan fingerprint density at radius 2 is 2.05 bits per heavy atom. The maximum absolute atomic E-state index is 12.8. The second kappa shape index (κ2) is 4.90. The Balaban J connectivity index is 1.92. The normalized spacial score (nSPS) is 18.2. The highest BCUT2D eigenvalue weighted by Gasteiger charge is 2.29. The maximum Gasteiger partial charge on any atom is 0.253 e. The Kier molecular flexibility index (Phi) is 3.31. The van der Waals surface area contributed by atoms with Crippen LogP contribution in [0.5, 0.6) is 0 Å². The molecule has 0 spiro atoms. The minimum absolute atomic E-state index is 0.169. The average Bonchev–Trinajstić information content (AvgIpc) is 2.72. The van der Waals surface area contributed by atoms with Gasteiger partial charge in [0.25, 0.3) is 5.91 Å². The minimum Gasteiger partial charge on any atom is -0.358 e. The molecule has 2 aromatic rings. The van der Waals surface area contributed by atoms with Crippen LogP contribution in [0.2, 0.25) is 0 Å². The Morgan fingerprint density at radius 1 is 1.29 bits per heavy atom. The van der Waals surface area contributed by atoms with Crippen LogP contribution in [0.3, 0.4) is 0 Å². The number of piperidine rings is 1. The summed E-state index contributed by atoms with van der Waals surface area (Å²) in [5, 5.41) is 1.16. The van der Waals surface area contributed by atoms with E-state index in [2.05, 4.69) is 32.7 Å². The number of likely N-dealkylation sites (tertiary alicyclic amines) is 1. The molecule has 3 rings (SSSR count). The highest BCUT2D eigenvalue weighted by molar-refractivity contribution is 5.99. The molecule has 3 heteroatoms. The molecular weight excluding hydrogens is 260 g/mol. The van der Waals surface area contributed by atoms with Gasteiger partial charge in [-0.05, 0) is 55.9 Å². The minimum atomic E-state index is 0.169. The summed E-state index contributed by atoms with van der Waals surface area (Å²) >= 11 is 0. The van der Waals surface area contributed by atoms with E-state index in [1.807, 2.05) is 23.1 Å². The maximum atomic E-state index is 12.8. The van der Waals surface area contributed by atoms with Crippen LogP contribution < -0.4 is 0 Å². The molecule has 0 unspecified atom stereocenters. The van der Waals surface area contributed by atoms with Crippen molar-refractivity contribution in [3.05, 3.63) is 35.0 Å². The topological polar surface area (TPSA) is 36.1 Å². The molecule has 1 aliphatic rings. The van der Waals surface area contributed by atoms with Crippen molar-refractivity contribution in [1.29, 1.82) is 0 Å². The SMILES string of the molecule is Cc1[nH]c2ccc(C(=O)N3CCCC(C)(C)C3)cc2c1C. The van der Waals surface area contributed by atoms with Gasteiger partial charge < -0.3 is 9.88 Å². The van der Waals surface area contributed by atoms with Crippen molar-refractivity contribution < 1.29 is 4.79 Å². The number of H-pyrrole nitrogens is 1. The molecule has 0 bridgehead atoms. The Bertz CT molecular complexity index is 697. The van der Waals surface area contributed by atoms with E-state index in [0.717, 1.165) is 36.0 Å². The first-order chi connectivity index (χ1) is 9.87. The lowest BCUT2D eigenvalue weighted by molar-refractivity contribution is 0.0583. The number of fused-ring (bicyclic) bond motifs is 1. The summed E-state index contributed by atoms with van der Waals surface area (Å²) in [5.74, 6) is 0.169. The second-order valence-corrected chi connectivity index (χ2v) is 7.13. The Morgan fingerprint density at radius 3 is 2.76 bits per heavy atom. The molecule has 1 aromatic heterocycles. The molecule has 21 heavy (non-hydrogen) atoms. The Hall–Kier alpha value is -1.77. The molecule has 1 aliphatic heterocycles. The fourth-order valence-corrected chi connectivity index (χ4v) is 3.37. The van der Waals surface area contributed by atoms with Gasteiger partial charge in [0, 0.05) is 35.2 Å². The van der Waals surface area contributed by atoms with Crippen molar-refractivity contribution in [2.75, 3.05) is 13.1 Å². The number of amides is 1. The molecule has 0 aliphatic carbocycles. The highest BCUT2D eigenvalue weighted by Crippen LogP contribution is 2.30. The zero-order chi connectivity index (χ0) is 15.2. The quantitative estimate of drug-likeness (QED) is 0.842.